The summed E-state index contributed by atoms with van der Waals surface area (Å²) in [7, 11) is -4.59. The zero-order valence-electron chi connectivity index (χ0n) is 5.15. The van der Waals surface area contributed by atoms with Gasteiger partial charge in [0.15, 0.2) is 0 Å². The van der Waals surface area contributed by atoms with Gasteiger partial charge in [0.1, 0.15) is 0 Å². The van der Waals surface area contributed by atoms with Gasteiger partial charge in [-0.3, -0.25) is 11.1 Å². The summed E-state index contributed by atoms with van der Waals surface area (Å²) >= 11 is 0. The Bertz CT molecular complexity index is 97.9. The maximum Gasteiger partial charge on any atom is 0.673 e. The number of hydrogen-bond acceptors (Lipinski definition) is 1. The van der Waals surface area contributed by atoms with Crippen molar-refractivity contribution in [1.82, 2.24) is 0 Å². The van der Waals surface area contributed by atoms with Crippen molar-refractivity contribution in [1.29, 1.82) is 0 Å². The predicted octanol–water partition coefficient (Wildman–Crippen LogP) is -0.993. The van der Waals surface area contributed by atoms with E-state index in [0.29, 0.717) is 0 Å². The van der Waals surface area contributed by atoms with Crippen LogP contribution in [-0.2, 0) is 4.74 Å². The van der Waals surface area contributed by atoms with Gasteiger partial charge in [0.25, 0.3) is 0 Å². The van der Waals surface area contributed by atoms with Crippen molar-refractivity contribution < 1.29 is 27.4 Å². The van der Waals surface area contributed by atoms with E-state index in [1.54, 1.807) is 0 Å². The third-order valence-electron chi connectivity index (χ3n) is 0.236. The Morgan fingerprint density at radius 1 is 1.40 bits per heavy atom. The Labute approximate surface area is 54.8 Å². The molecule has 0 aromatic heterocycles. The smallest absolute Gasteiger partial charge is 0.435 e. The van der Waals surface area contributed by atoms with Crippen molar-refractivity contribution in [2.75, 3.05) is 7.11 Å². The van der Waals surface area contributed by atoms with Crippen LogP contribution >= 0.6 is 0 Å². The lowest BCUT2D eigenvalue weighted by Gasteiger charge is -1.94. The average molecular weight is 162 g/mol. The van der Waals surface area contributed by atoms with Gasteiger partial charge in [0, 0.05) is 0 Å². The third-order valence-corrected chi connectivity index (χ3v) is 0.236. The van der Waals surface area contributed by atoms with Crippen molar-refractivity contribution in [2.45, 2.75) is 0 Å². The molecule has 0 aliphatic carbocycles. The van der Waals surface area contributed by atoms with Crippen LogP contribution in [0.2, 0.25) is 0 Å². The van der Waals surface area contributed by atoms with Crippen LogP contribution in [0.5, 0.6) is 0 Å². The van der Waals surface area contributed by atoms with E-state index in [0.717, 1.165) is 0 Å². The minimum absolute atomic E-state index is 0.00463. The molecule has 0 fully saturated rings. The molecule has 0 aromatic rings. The monoisotopic (exact) mass is 162 g/mol. The Hall–Kier alpha value is -0.945. The molecule has 0 atom stereocenters. The van der Waals surface area contributed by atoms with Crippen LogP contribution in [0.25, 0.3) is 0 Å². The highest BCUT2D eigenvalue weighted by Crippen LogP contribution is 2.06. The maximum absolute atomic E-state index is 9.75. The second kappa shape index (κ2) is 4.89. The lowest BCUT2D eigenvalue weighted by atomic mass is 10.3. The van der Waals surface area contributed by atoms with Gasteiger partial charge in [-0.15, -0.1) is 0 Å². The van der Waals surface area contributed by atoms with E-state index in [-0.39, 0.29) is 6.02 Å². The van der Waals surface area contributed by atoms with Gasteiger partial charge in [0.2, 0.25) is 0 Å². The van der Waals surface area contributed by atoms with Gasteiger partial charge in [-0.05, 0) is 0 Å². The highest BCUT2D eigenvalue weighted by Gasteiger charge is 2.20. The molecule has 0 spiro atoms. The highest BCUT2D eigenvalue weighted by atomic mass is 19.5. The Morgan fingerprint density at radius 3 is 1.50 bits per heavy atom. The number of hydrogen-bond donors (Lipinski definition) is 2. The molecule has 0 radical (unpaired) electrons. The summed E-state index contributed by atoms with van der Waals surface area (Å²) in [6, 6.07) is 0.00463. The lowest BCUT2D eigenvalue weighted by Crippen LogP contribution is -2.46. The molecule has 8 heteroatoms. The first-order valence-electron chi connectivity index (χ1n) is 2.06. The van der Waals surface area contributed by atoms with Crippen LogP contribution in [0.1, 0.15) is 0 Å². The molecule has 4 N–H and O–H groups in total. The third kappa shape index (κ3) is 232. The SMILES string of the molecule is COC(N)=[NH2+].F[B-](F)(F)F. The van der Waals surface area contributed by atoms with Crippen molar-refractivity contribution in [3.05, 3.63) is 0 Å². The highest BCUT2D eigenvalue weighted by molar-refractivity contribution is 6.50. The molecule has 0 amide bonds. The van der Waals surface area contributed by atoms with Gasteiger partial charge >= 0.3 is 13.3 Å². The van der Waals surface area contributed by atoms with Gasteiger partial charge in [0.05, 0.1) is 7.11 Å². The van der Waals surface area contributed by atoms with E-state index in [4.69, 9.17) is 11.1 Å². The summed E-state index contributed by atoms with van der Waals surface area (Å²) in [5, 5.41) is 4.76. The quantitative estimate of drug-likeness (QED) is 0.208. The van der Waals surface area contributed by atoms with Crippen LogP contribution in [0, 0.1) is 0 Å². The second-order valence-electron chi connectivity index (χ2n) is 1.10. The number of methoxy groups -OCH3 is 1. The Balaban J connectivity index is 0. The minimum Gasteiger partial charge on any atom is -0.435 e. The number of nitrogens with two attached hydrogens (primary N) is 2. The Morgan fingerprint density at radius 2 is 1.50 bits per heavy atom. The average Bonchev–Trinajstić information content (AvgIpc) is 1.61. The normalized spacial score (nSPS) is 9.30. The molecule has 0 saturated carbocycles. The lowest BCUT2D eigenvalue weighted by molar-refractivity contribution is -0.139. The van der Waals surface area contributed by atoms with Gasteiger partial charge < -0.3 is 22.0 Å². The minimum atomic E-state index is -6.00. The predicted molar refractivity (Wildman–Crippen MR) is 28.3 cm³/mol. The summed E-state index contributed by atoms with van der Waals surface area (Å²) < 4.78 is 43.2. The van der Waals surface area contributed by atoms with Crippen molar-refractivity contribution in [2.24, 2.45) is 5.73 Å². The van der Waals surface area contributed by atoms with E-state index in [1.165, 1.54) is 7.11 Å². The van der Waals surface area contributed by atoms with Crippen LogP contribution in [0.3, 0.4) is 0 Å². The number of rotatable bonds is 0. The van der Waals surface area contributed by atoms with Crippen molar-refractivity contribution in [3.8, 4) is 0 Å². The first-order valence-corrected chi connectivity index (χ1v) is 2.06. The molecule has 0 aromatic carbocycles. The topological polar surface area (TPSA) is 60.8 Å². The van der Waals surface area contributed by atoms with E-state index >= 15 is 0 Å². The van der Waals surface area contributed by atoms with E-state index in [1.807, 2.05) is 0 Å². The number of ether oxygens (including phenoxy) is 1. The summed E-state index contributed by atoms with van der Waals surface area (Å²) in [5.74, 6) is 0. The summed E-state index contributed by atoms with van der Waals surface area (Å²) in [5.41, 5.74) is 4.76. The van der Waals surface area contributed by atoms with E-state index < -0.39 is 7.25 Å². The van der Waals surface area contributed by atoms with E-state index in [2.05, 4.69) is 4.74 Å². The molecule has 0 bridgehead atoms. The molecule has 0 aliphatic heterocycles. The standard InChI is InChI=1S/C2H6N2O.BF4/c1-5-2(3)4;2-1(3,4)5/h1H3,(H3,3,4);/q;-1/p+1. The number of halogens is 4. The van der Waals surface area contributed by atoms with Crippen LogP contribution in [0.4, 0.5) is 17.3 Å². The molecule has 10 heavy (non-hydrogen) atoms. The van der Waals surface area contributed by atoms with Gasteiger partial charge in [-0.2, -0.15) is 0 Å². The molecule has 0 unspecified atom stereocenters. The maximum atomic E-state index is 9.75. The fraction of sp³-hybridized carbons (Fsp3) is 0.500. The fourth-order valence-electron chi connectivity index (χ4n) is 0. The first-order chi connectivity index (χ1) is 4.27. The van der Waals surface area contributed by atoms with Crippen LogP contribution < -0.4 is 11.1 Å². The molecular weight excluding hydrogens is 155 g/mol. The first kappa shape index (κ1) is 11.8. The van der Waals surface area contributed by atoms with Gasteiger partial charge in [-0.25, -0.2) is 0 Å². The van der Waals surface area contributed by atoms with Crippen LogP contribution in [-0.4, -0.2) is 20.4 Å². The molecular formula is C2H7BF4N2O. The molecule has 3 nitrogen and oxygen atoms in total. The summed E-state index contributed by atoms with van der Waals surface area (Å²) in [6.07, 6.45) is 0. The largest absolute Gasteiger partial charge is 0.673 e. The summed E-state index contributed by atoms with van der Waals surface area (Å²) in [6.45, 7) is 0. The summed E-state index contributed by atoms with van der Waals surface area (Å²) in [4.78, 5) is 0. The zero-order chi connectivity index (χ0) is 8.78. The van der Waals surface area contributed by atoms with Gasteiger partial charge in [-0.1, -0.05) is 0 Å². The molecule has 0 saturated heterocycles. The molecule has 62 valence electrons. The van der Waals surface area contributed by atoms with Crippen molar-refractivity contribution >= 4 is 13.3 Å². The Kier molecular flexibility index (Phi) is 5.77. The fourth-order valence-corrected chi connectivity index (χ4v) is 0. The van der Waals surface area contributed by atoms with Crippen LogP contribution in [0.15, 0.2) is 0 Å². The zero-order valence-corrected chi connectivity index (χ0v) is 5.15. The molecule has 0 heterocycles. The second-order valence-corrected chi connectivity index (χ2v) is 1.10. The van der Waals surface area contributed by atoms with E-state index in [9.17, 15) is 17.3 Å². The number of amidine groups is 1. The van der Waals surface area contributed by atoms with Crippen molar-refractivity contribution in [3.63, 3.8) is 0 Å². The molecule has 0 rings (SSSR count). The molecule has 0 aliphatic rings.